The van der Waals surface area contributed by atoms with E-state index >= 15 is 0 Å². The van der Waals surface area contributed by atoms with Gasteiger partial charge in [0.05, 0.1) is 6.07 Å². The van der Waals surface area contributed by atoms with E-state index in [1.165, 1.54) is 24.3 Å². The quantitative estimate of drug-likeness (QED) is 0.795. The molecular formula is C12H11F2NO4S. The van der Waals surface area contributed by atoms with Gasteiger partial charge in [-0.3, -0.25) is 4.79 Å². The molecule has 1 atom stereocenters. The number of sulfone groups is 1. The maximum atomic E-state index is 12.0. The highest BCUT2D eigenvalue weighted by Crippen LogP contribution is 2.21. The van der Waals surface area contributed by atoms with Crippen molar-refractivity contribution >= 4 is 15.6 Å². The minimum Gasteiger partial charge on any atom is -0.435 e. The van der Waals surface area contributed by atoms with Crippen LogP contribution in [-0.2, 0) is 14.6 Å². The van der Waals surface area contributed by atoms with Crippen LogP contribution >= 0.6 is 0 Å². The van der Waals surface area contributed by atoms with Crippen LogP contribution in [-0.4, -0.2) is 32.8 Å². The second-order valence-electron chi connectivity index (χ2n) is 4.05. The standard InChI is InChI=1S/C12H11F2NO4S/c1-20(17,18)7-11(16)10(6-15)8-2-4-9(5-3-8)19-12(13)14/h2-5,10,12H,7H2,1H3. The van der Waals surface area contributed by atoms with Crippen LogP contribution in [0.5, 0.6) is 5.75 Å². The first-order chi connectivity index (χ1) is 9.23. The van der Waals surface area contributed by atoms with Crippen molar-refractivity contribution < 1.29 is 26.7 Å². The number of alkyl halides is 2. The van der Waals surface area contributed by atoms with Crippen molar-refractivity contribution in [1.29, 1.82) is 5.26 Å². The predicted octanol–water partition coefficient (Wildman–Crippen LogP) is 1.51. The van der Waals surface area contributed by atoms with Crippen molar-refractivity contribution in [2.45, 2.75) is 12.5 Å². The molecule has 0 N–H and O–H groups in total. The van der Waals surface area contributed by atoms with Crippen molar-refractivity contribution in [3.05, 3.63) is 29.8 Å². The third-order valence-electron chi connectivity index (χ3n) is 2.29. The van der Waals surface area contributed by atoms with Crippen molar-refractivity contribution in [1.82, 2.24) is 0 Å². The Morgan fingerprint density at radius 2 is 1.90 bits per heavy atom. The number of halogens is 2. The van der Waals surface area contributed by atoms with E-state index in [0.717, 1.165) is 6.26 Å². The van der Waals surface area contributed by atoms with Crippen molar-refractivity contribution in [3.63, 3.8) is 0 Å². The van der Waals surface area contributed by atoms with Crippen LogP contribution in [0.2, 0.25) is 0 Å². The summed E-state index contributed by atoms with van der Waals surface area (Å²) in [4.78, 5) is 11.7. The van der Waals surface area contributed by atoms with Crippen LogP contribution in [0.15, 0.2) is 24.3 Å². The third-order valence-corrected chi connectivity index (χ3v) is 3.10. The lowest BCUT2D eigenvalue weighted by molar-refractivity contribution is -0.117. The summed E-state index contributed by atoms with van der Waals surface area (Å²) >= 11 is 0. The molecule has 0 spiro atoms. The number of benzene rings is 1. The molecule has 0 aromatic heterocycles. The van der Waals surface area contributed by atoms with E-state index in [9.17, 15) is 22.0 Å². The second-order valence-corrected chi connectivity index (χ2v) is 6.19. The maximum absolute atomic E-state index is 12.0. The van der Waals surface area contributed by atoms with Gasteiger partial charge in [-0.05, 0) is 17.7 Å². The molecule has 0 saturated heterocycles. The molecule has 108 valence electrons. The van der Waals surface area contributed by atoms with Gasteiger partial charge < -0.3 is 4.74 Å². The molecule has 0 bridgehead atoms. The Morgan fingerprint density at radius 3 is 2.30 bits per heavy atom. The molecule has 0 aliphatic heterocycles. The first kappa shape index (κ1) is 16.0. The summed E-state index contributed by atoms with van der Waals surface area (Å²) in [5.41, 5.74) is 0.225. The largest absolute Gasteiger partial charge is 0.435 e. The average molecular weight is 303 g/mol. The summed E-state index contributed by atoms with van der Waals surface area (Å²) in [6.07, 6.45) is 0.888. The molecule has 0 radical (unpaired) electrons. The van der Waals surface area contributed by atoms with Gasteiger partial charge >= 0.3 is 6.61 Å². The van der Waals surface area contributed by atoms with E-state index in [2.05, 4.69) is 4.74 Å². The molecule has 0 saturated carbocycles. The van der Waals surface area contributed by atoms with E-state index in [0.29, 0.717) is 0 Å². The minimum absolute atomic E-state index is 0.115. The molecule has 20 heavy (non-hydrogen) atoms. The van der Waals surface area contributed by atoms with Crippen molar-refractivity contribution in [2.75, 3.05) is 12.0 Å². The van der Waals surface area contributed by atoms with Crippen molar-refractivity contribution in [2.24, 2.45) is 0 Å². The summed E-state index contributed by atoms with van der Waals surface area (Å²) in [5, 5.41) is 8.94. The number of nitrogens with zero attached hydrogens (tertiary/aromatic N) is 1. The van der Waals surface area contributed by atoms with Crippen LogP contribution in [0, 0.1) is 11.3 Å². The van der Waals surface area contributed by atoms with E-state index in [1.54, 1.807) is 6.07 Å². The van der Waals surface area contributed by atoms with E-state index < -0.39 is 33.9 Å². The van der Waals surface area contributed by atoms with Gasteiger partial charge in [0, 0.05) is 6.26 Å². The first-order valence-electron chi connectivity index (χ1n) is 5.38. The number of Topliss-reactive ketones (excluding diaryl/α,β-unsaturated/α-hetero) is 1. The molecule has 1 rings (SSSR count). The van der Waals surface area contributed by atoms with Gasteiger partial charge in [-0.2, -0.15) is 14.0 Å². The molecule has 0 aliphatic rings. The molecular weight excluding hydrogens is 292 g/mol. The molecule has 8 heteroatoms. The molecule has 5 nitrogen and oxygen atoms in total. The van der Waals surface area contributed by atoms with E-state index in [-0.39, 0.29) is 11.3 Å². The van der Waals surface area contributed by atoms with Crippen LogP contribution in [0.3, 0.4) is 0 Å². The Bertz CT molecular complexity index is 620. The third kappa shape index (κ3) is 4.93. The zero-order chi connectivity index (χ0) is 15.3. The number of hydrogen-bond donors (Lipinski definition) is 0. The molecule has 1 aromatic carbocycles. The second kappa shape index (κ2) is 6.43. The molecule has 1 aromatic rings. The van der Waals surface area contributed by atoms with Gasteiger partial charge in [0.15, 0.2) is 15.6 Å². The smallest absolute Gasteiger partial charge is 0.387 e. The highest BCUT2D eigenvalue weighted by atomic mass is 32.2. The lowest BCUT2D eigenvalue weighted by Crippen LogP contribution is -2.20. The number of carbonyl (C=O) groups is 1. The number of carbonyl (C=O) groups excluding carboxylic acids is 1. The Balaban J connectivity index is 2.91. The number of ether oxygens (including phenoxy) is 1. The van der Waals surface area contributed by atoms with Crippen LogP contribution in [0.4, 0.5) is 8.78 Å². The normalized spacial score (nSPS) is 12.8. The fourth-order valence-corrected chi connectivity index (χ4v) is 2.20. The van der Waals surface area contributed by atoms with Gasteiger partial charge in [0.1, 0.15) is 17.4 Å². The lowest BCUT2D eigenvalue weighted by atomic mass is 9.97. The first-order valence-corrected chi connectivity index (χ1v) is 7.44. The van der Waals surface area contributed by atoms with Gasteiger partial charge in [-0.15, -0.1) is 0 Å². The predicted molar refractivity (Wildman–Crippen MR) is 66.1 cm³/mol. The van der Waals surface area contributed by atoms with E-state index in [4.69, 9.17) is 5.26 Å². The van der Waals surface area contributed by atoms with Gasteiger partial charge in [-0.1, -0.05) is 12.1 Å². The van der Waals surface area contributed by atoms with E-state index in [1.807, 2.05) is 0 Å². The van der Waals surface area contributed by atoms with Crippen LogP contribution in [0.25, 0.3) is 0 Å². The van der Waals surface area contributed by atoms with Crippen molar-refractivity contribution in [3.8, 4) is 11.8 Å². The fraction of sp³-hybridized carbons (Fsp3) is 0.333. The Kier molecular flexibility index (Phi) is 5.16. The summed E-state index contributed by atoms with van der Waals surface area (Å²) in [7, 11) is -3.54. The summed E-state index contributed by atoms with van der Waals surface area (Å²) < 4.78 is 50.1. The summed E-state index contributed by atoms with van der Waals surface area (Å²) in [5.74, 6) is -2.89. The Morgan fingerprint density at radius 1 is 1.35 bits per heavy atom. The van der Waals surface area contributed by atoms with Crippen LogP contribution < -0.4 is 4.74 Å². The molecule has 0 heterocycles. The summed E-state index contributed by atoms with van der Waals surface area (Å²) in [6, 6.07) is 6.60. The Hall–Kier alpha value is -2.01. The maximum Gasteiger partial charge on any atom is 0.387 e. The SMILES string of the molecule is CS(=O)(=O)CC(=O)C(C#N)c1ccc(OC(F)F)cc1. The Labute approximate surface area is 114 Å². The lowest BCUT2D eigenvalue weighted by Gasteiger charge is -2.09. The number of hydrogen-bond acceptors (Lipinski definition) is 5. The van der Waals surface area contributed by atoms with Gasteiger partial charge in [0.2, 0.25) is 0 Å². The number of rotatable bonds is 6. The molecule has 0 aliphatic carbocycles. The number of ketones is 1. The van der Waals surface area contributed by atoms with Gasteiger partial charge in [0.25, 0.3) is 0 Å². The summed E-state index contributed by atoms with van der Waals surface area (Å²) in [6.45, 7) is -2.97. The fourth-order valence-electron chi connectivity index (χ4n) is 1.52. The monoisotopic (exact) mass is 303 g/mol. The molecule has 1 unspecified atom stereocenters. The zero-order valence-corrected chi connectivity index (χ0v) is 11.2. The minimum atomic E-state index is -3.54. The highest BCUT2D eigenvalue weighted by molar-refractivity contribution is 7.91. The zero-order valence-electron chi connectivity index (χ0n) is 10.4. The topological polar surface area (TPSA) is 84.2 Å². The molecule has 0 amide bonds. The molecule has 0 fully saturated rings. The van der Waals surface area contributed by atoms with Gasteiger partial charge in [-0.25, -0.2) is 8.42 Å². The number of nitriles is 1. The average Bonchev–Trinajstić information content (AvgIpc) is 2.29. The highest BCUT2D eigenvalue weighted by Gasteiger charge is 2.23. The van der Waals surface area contributed by atoms with Crippen LogP contribution in [0.1, 0.15) is 11.5 Å².